The second-order valence-electron chi connectivity index (χ2n) is 4.42. The standard InChI is InChI=1S/C14H22N2O2/c1-3-12-7-4-8-13(10-12)16-14(18)15-11(2)6-5-9-17/h4,7-8,10-11,17H,3,5-6,9H2,1-2H3,(H2,15,16,18). The van der Waals surface area contributed by atoms with Crippen LogP contribution in [-0.4, -0.2) is 23.8 Å². The minimum Gasteiger partial charge on any atom is -0.396 e. The van der Waals surface area contributed by atoms with E-state index in [0.717, 1.165) is 18.5 Å². The highest BCUT2D eigenvalue weighted by Gasteiger charge is 2.06. The normalized spacial score (nSPS) is 11.9. The zero-order chi connectivity index (χ0) is 13.4. The third-order valence-electron chi connectivity index (χ3n) is 2.77. The molecular weight excluding hydrogens is 228 g/mol. The monoisotopic (exact) mass is 250 g/mol. The van der Waals surface area contributed by atoms with Crippen LogP contribution in [0.4, 0.5) is 10.5 Å². The minimum atomic E-state index is -0.200. The molecule has 4 heteroatoms. The van der Waals surface area contributed by atoms with E-state index in [4.69, 9.17) is 5.11 Å². The summed E-state index contributed by atoms with van der Waals surface area (Å²) in [6.07, 6.45) is 2.43. The molecule has 0 fully saturated rings. The van der Waals surface area contributed by atoms with E-state index in [1.54, 1.807) is 0 Å². The van der Waals surface area contributed by atoms with Gasteiger partial charge in [0.05, 0.1) is 0 Å². The predicted molar refractivity (Wildman–Crippen MR) is 73.8 cm³/mol. The summed E-state index contributed by atoms with van der Waals surface area (Å²) >= 11 is 0. The van der Waals surface area contributed by atoms with Crippen molar-refractivity contribution in [2.24, 2.45) is 0 Å². The van der Waals surface area contributed by atoms with Gasteiger partial charge in [-0.1, -0.05) is 19.1 Å². The fourth-order valence-electron chi connectivity index (χ4n) is 1.73. The molecule has 100 valence electrons. The lowest BCUT2D eigenvalue weighted by Crippen LogP contribution is -2.36. The van der Waals surface area contributed by atoms with Gasteiger partial charge in [-0.2, -0.15) is 0 Å². The first-order chi connectivity index (χ1) is 8.65. The van der Waals surface area contributed by atoms with E-state index in [9.17, 15) is 4.79 Å². The number of urea groups is 1. The summed E-state index contributed by atoms with van der Waals surface area (Å²) in [6.45, 7) is 4.17. The van der Waals surface area contributed by atoms with Crippen LogP contribution in [0.1, 0.15) is 32.3 Å². The maximum absolute atomic E-state index is 11.7. The Hall–Kier alpha value is -1.55. The van der Waals surface area contributed by atoms with Crippen molar-refractivity contribution in [3.63, 3.8) is 0 Å². The van der Waals surface area contributed by atoms with E-state index in [-0.39, 0.29) is 18.7 Å². The van der Waals surface area contributed by atoms with Gasteiger partial charge < -0.3 is 15.7 Å². The topological polar surface area (TPSA) is 61.4 Å². The molecule has 2 amide bonds. The Kier molecular flexibility index (Phi) is 6.22. The predicted octanol–water partition coefficient (Wildman–Crippen LogP) is 2.53. The summed E-state index contributed by atoms with van der Waals surface area (Å²) in [5.41, 5.74) is 2.00. The largest absolute Gasteiger partial charge is 0.396 e. The molecule has 0 spiro atoms. The summed E-state index contributed by atoms with van der Waals surface area (Å²) < 4.78 is 0. The number of aliphatic hydroxyl groups is 1. The van der Waals surface area contributed by atoms with Crippen LogP contribution in [0.3, 0.4) is 0 Å². The first kappa shape index (κ1) is 14.5. The molecule has 0 saturated carbocycles. The number of hydrogen-bond donors (Lipinski definition) is 3. The highest BCUT2D eigenvalue weighted by Crippen LogP contribution is 2.11. The Balaban J connectivity index is 2.43. The number of carbonyl (C=O) groups is 1. The molecule has 3 N–H and O–H groups in total. The fourth-order valence-corrected chi connectivity index (χ4v) is 1.73. The number of benzene rings is 1. The van der Waals surface area contributed by atoms with Gasteiger partial charge in [0.15, 0.2) is 0 Å². The van der Waals surface area contributed by atoms with E-state index < -0.39 is 0 Å². The summed E-state index contributed by atoms with van der Waals surface area (Å²) in [4.78, 5) is 11.7. The Morgan fingerprint density at radius 2 is 2.22 bits per heavy atom. The minimum absolute atomic E-state index is 0.0616. The lowest BCUT2D eigenvalue weighted by Gasteiger charge is -2.14. The molecule has 0 heterocycles. The van der Waals surface area contributed by atoms with Gasteiger partial charge in [-0.25, -0.2) is 4.79 Å². The van der Waals surface area contributed by atoms with Crippen molar-refractivity contribution in [1.82, 2.24) is 5.32 Å². The van der Waals surface area contributed by atoms with Gasteiger partial charge >= 0.3 is 6.03 Å². The third kappa shape index (κ3) is 5.19. The van der Waals surface area contributed by atoms with Crippen molar-refractivity contribution in [1.29, 1.82) is 0 Å². The number of nitrogens with one attached hydrogen (secondary N) is 2. The Morgan fingerprint density at radius 3 is 2.89 bits per heavy atom. The Morgan fingerprint density at radius 1 is 1.44 bits per heavy atom. The fraction of sp³-hybridized carbons (Fsp3) is 0.500. The van der Waals surface area contributed by atoms with Gasteiger partial charge in [-0.05, 0) is 43.9 Å². The van der Waals surface area contributed by atoms with Crippen molar-refractivity contribution in [3.8, 4) is 0 Å². The summed E-state index contributed by atoms with van der Waals surface area (Å²) in [7, 11) is 0. The molecule has 1 aromatic rings. The second-order valence-corrected chi connectivity index (χ2v) is 4.42. The second kappa shape index (κ2) is 7.71. The molecule has 18 heavy (non-hydrogen) atoms. The molecular formula is C14H22N2O2. The number of amides is 2. The third-order valence-corrected chi connectivity index (χ3v) is 2.77. The van der Waals surface area contributed by atoms with Crippen molar-refractivity contribution in [3.05, 3.63) is 29.8 Å². The molecule has 0 aliphatic carbocycles. The number of rotatable bonds is 6. The maximum Gasteiger partial charge on any atom is 0.319 e. The van der Waals surface area contributed by atoms with E-state index in [1.807, 2.05) is 31.2 Å². The zero-order valence-electron chi connectivity index (χ0n) is 11.1. The van der Waals surface area contributed by atoms with Crippen LogP contribution in [0.15, 0.2) is 24.3 Å². The van der Waals surface area contributed by atoms with Crippen LogP contribution < -0.4 is 10.6 Å². The van der Waals surface area contributed by atoms with Gasteiger partial charge in [-0.15, -0.1) is 0 Å². The SMILES string of the molecule is CCc1cccc(NC(=O)NC(C)CCCO)c1. The van der Waals surface area contributed by atoms with Gasteiger partial charge in [-0.3, -0.25) is 0 Å². The highest BCUT2D eigenvalue weighted by molar-refractivity contribution is 5.89. The molecule has 1 unspecified atom stereocenters. The quantitative estimate of drug-likeness (QED) is 0.726. The molecule has 0 aliphatic heterocycles. The zero-order valence-corrected chi connectivity index (χ0v) is 11.1. The smallest absolute Gasteiger partial charge is 0.319 e. The lowest BCUT2D eigenvalue weighted by atomic mass is 10.1. The van der Waals surface area contributed by atoms with Crippen molar-refractivity contribution in [2.45, 2.75) is 39.2 Å². The van der Waals surface area contributed by atoms with Gasteiger partial charge in [0, 0.05) is 18.3 Å². The lowest BCUT2D eigenvalue weighted by molar-refractivity contribution is 0.245. The molecule has 1 atom stereocenters. The van der Waals surface area contributed by atoms with E-state index >= 15 is 0 Å². The number of anilines is 1. The Labute approximate surface area is 108 Å². The number of carbonyl (C=O) groups excluding carboxylic acids is 1. The van der Waals surface area contributed by atoms with Crippen molar-refractivity contribution >= 4 is 11.7 Å². The summed E-state index contributed by atoms with van der Waals surface area (Å²) in [6, 6.07) is 7.67. The van der Waals surface area contributed by atoms with Crippen LogP contribution in [0.5, 0.6) is 0 Å². The molecule has 0 bridgehead atoms. The summed E-state index contributed by atoms with van der Waals surface area (Å²) in [5.74, 6) is 0. The first-order valence-corrected chi connectivity index (χ1v) is 6.43. The van der Waals surface area contributed by atoms with Gasteiger partial charge in [0.1, 0.15) is 0 Å². The first-order valence-electron chi connectivity index (χ1n) is 6.43. The summed E-state index contributed by atoms with van der Waals surface area (Å²) in [5, 5.41) is 14.4. The molecule has 0 radical (unpaired) electrons. The Bertz CT molecular complexity index is 380. The molecule has 1 rings (SSSR count). The van der Waals surface area contributed by atoms with Gasteiger partial charge in [0.2, 0.25) is 0 Å². The molecule has 1 aromatic carbocycles. The van der Waals surface area contributed by atoms with E-state index in [1.165, 1.54) is 5.56 Å². The molecule has 0 aliphatic rings. The van der Waals surface area contributed by atoms with Crippen molar-refractivity contribution in [2.75, 3.05) is 11.9 Å². The number of aliphatic hydroxyl groups excluding tert-OH is 1. The van der Waals surface area contributed by atoms with Crippen LogP contribution in [0.25, 0.3) is 0 Å². The van der Waals surface area contributed by atoms with Crippen LogP contribution in [-0.2, 0) is 6.42 Å². The molecule has 0 aromatic heterocycles. The maximum atomic E-state index is 11.7. The number of aryl methyl sites for hydroxylation is 1. The van der Waals surface area contributed by atoms with E-state index in [0.29, 0.717) is 6.42 Å². The average molecular weight is 250 g/mol. The van der Waals surface area contributed by atoms with Crippen LogP contribution >= 0.6 is 0 Å². The van der Waals surface area contributed by atoms with E-state index in [2.05, 4.69) is 17.6 Å². The van der Waals surface area contributed by atoms with Crippen LogP contribution in [0, 0.1) is 0 Å². The molecule has 0 saturated heterocycles. The number of hydrogen-bond acceptors (Lipinski definition) is 2. The van der Waals surface area contributed by atoms with Crippen LogP contribution in [0.2, 0.25) is 0 Å². The van der Waals surface area contributed by atoms with Crippen molar-refractivity contribution < 1.29 is 9.90 Å². The molecule has 4 nitrogen and oxygen atoms in total. The average Bonchev–Trinajstić information content (AvgIpc) is 2.36. The van der Waals surface area contributed by atoms with Gasteiger partial charge in [0.25, 0.3) is 0 Å². The highest BCUT2D eigenvalue weighted by atomic mass is 16.3.